The molecule has 11 heavy (non-hydrogen) atoms. The summed E-state index contributed by atoms with van der Waals surface area (Å²) in [6, 6.07) is 0.0914. The zero-order chi connectivity index (χ0) is 7.68. The van der Waals surface area contributed by atoms with Gasteiger partial charge in [0.15, 0.2) is 5.78 Å². The predicted molar refractivity (Wildman–Crippen MR) is 40.1 cm³/mol. The molecule has 2 N–H and O–H groups in total. The largest absolute Gasteiger partial charge is 0.297 e. The van der Waals surface area contributed by atoms with Crippen molar-refractivity contribution in [3.8, 4) is 0 Å². The van der Waals surface area contributed by atoms with E-state index in [1.807, 2.05) is 24.3 Å². The Labute approximate surface area is 65.1 Å². The quantitative estimate of drug-likeness (QED) is 0.500. The summed E-state index contributed by atoms with van der Waals surface area (Å²) in [6.07, 6.45) is 7.65. The maximum atomic E-state index is 11.1. The minimum absolute atomic E-state index is 0.00866. The van der Waals surface area contributed by atoms with Gasteiger partial charge in [-0.3, -0.25) is 4.79 Å². The van der Waals surface area contributed by atoms with Gasteiger partial charge >= 0.3 is 0 Å². The topological polar surface area (TPSA) is 41.1 Å². The van der Waals surface area contributed by atoms with Gasteiger partial charge in [-0.2, -0.15) is 0 Å². The predicted octanol–water partition coefficient (Wildman–Crippen LogP) is -0.187. The first-order valence-electron chi connectivity index (χ1n) is 3.53. The van der Waals surface area contributed by atoms with Crippen LogP contribution in [0.5, 0.6) is 0 Å². The monoisotopic (exact) mass is 148 g/mol. The maximum Gasteiger partial charge on any atom is 0.167 e. The molecule has 1 fully saturated rings. The molecule has 0 aromatic carbocycles. The first kappa shape index (κ1) is 6.76. The lowest BCUT2D eigenvalue weighted by atomic mass is 9.90. The lowest BCUT2D eigenvalue weighted by molar-refractivity contribution is -0.120. The van der Waals surface area contributed by atoms with Crippen LogP contribution in [0.25, 0.3) is 0 Å². The van der Waals surface area contributed by atoms with Crippen LogP contribution >= 0.6 is 0 Å². The van der Waals surface area contributed by atoms with Gasteiger partial charge in [0.25, 0.3) is 0 Å². The number of allylic oxidation sites excluding steroid dienone is 2. The van der Waals surface area contributed by atoms with E-state index in [1.165, 1.54) is 0 Å². The van der Waals surface area contributed by atoms with Gasteiger partial charge in [0, 0.05) is 0 Å². The van der Waals surface area contributed by atoms with Gasteiger partial charge in [-0.1, -0.05) is 24.3 Å². The van der Waals surface area contributed by atoms with Crippen LogP contribution in [0.15, 0.2) is 24.3 Å². The molecule has 2 aliphatic rings. The minimum atomic E-state index is -0.0683. The first-order valence-corrected chi connectivity index (χ1v) is 3.53. The van der Waals surface area contributed by atoms with Gasteiger partial charge < -0.3 is 0 Å². The molecule has 2 rings (SSSR count). The van der Waals surface area contributed by atoms with E-state index in [-0.39, 0.29) is 17.7 Å². The average Bonchev–Trinajstić information content (AvgIpc) is 2.06. The van der Waals surface area contributed by atoms with Gasteiger partial charge in [0.1, 0.15) is 6.54 Å². The molecule has 1 aliphatic heterocycles. The summed E-state index contributed by atoms with van der Waals surface area (Å²) in [6.45, 7) is 2.50. The molecule has 0 saturated carbocycles. The van der Waals surface area contributed by atoms with Crippen molar-refractivity contribution in [1.29, 1.82) is 0 Å². The first-order chi connectivity index (χ1) is 5.38. The number of carbonyl (C=O) groups excluding carboxylic acids is 1. The molecule has 2 unspecified atom stereocenters. The van der Waals surface area contributed by atoms with Gasteiger partial charge in [-0.05, 0) is 0 Å². The molecule has 2 atom stereocenters. The van der Waals surface area contributed by atoms with Crippen LogP contribution in [0.3, 0.4) is 0 Å². The second-order valence-electron chi connectivity index (χ2n) is 2.58. The third-order valence-electron chi connectivity index (χ3n) is 1.86. The zero-order valence-electron chi connectivity index (χ0n) is 5.87. The van der Waals surface area contributed by atoms with Crippen molar-refractivity contribution < 1.29 is 4.79 Å². The molecule has 0 amide bonds. The fourth-order valence-corrected chi connectivity index (χ4v) is 1.26. The van der Waals surface area contributed by atoms with E-state index in [2.05, 4.69) is 17.4 Å². The van der Waals surface area contributed by atoms with Crippen molar-refractivity contribution in [3.05, 3.63) is 30.8 Å². The fraction of sp³-hybridized carbons (Fsp3) is 0.250. The van der Waals surface area contributed by atoms with Crippen LogP contribution in [-0.2, 0) is 4.79 Å². The third kappa shape index (κ3) is 1.13. The summed E-state index contributed by atoms with van der Waals surface area (Å²) in [5, 5.41) is 0. The number of hydrogen-bond donors (Lipinski definition) is 2. The Bertz CT molecular complexity index is 232. The van der Waals surface area contributed by atoms with E-state index in [0.29, 0.717) is 0 Å². The van der Waals surface area contributed by atoms with Gasteiger partial charge in [0.2, 0.25) is 0 Å². The average molecular weight is 148 g/mol. The number of carbonyl (C=O) groups is 1. The van der Waals surface area contributed by atoms with Crippen molar-refractivity contribution in [2.45, 2.75) is 6.04 Å². The molecule has 2 radical (unpaired) electrons. The van der Waals surface area contributed by atoms with Crippen LogP contribution in [0.4, 0.5) is 0 Å². The SMILES string of the molecule is O=C1[C]NNC2C=CC=CC12. The molecular formula is C8H8N2O. The molecular weight excluding hydrogens is 140 g/mol. The molecule has 0 aromatic heterocycles. The Morgan fingerprint density at radius 2 is 2.18 bits per heavy atom. The summed E-state index contributed by atoms with van der Waals surface area (Å²) in [4.78, 5) is 11.1. The van der Waals surface area contributed by atoms with Crippen molar-refractivity contribution >= 4 is 5.78 Å². The van der Waals surface area contributed by atoms with Crippen LogP contribution < -0.4 is 10.9 Å². The highest BCUT2D eigenvalue weighted by Crippen LogP contribution is 2.16. The number of nitrogens with one attached hydrogen (secondary N) is 2. The molecule has 56 valence electrons. The van der Waals surface area contributed by atoms with Gasteiger partial charge in [0.05, 0.1) is 12.0 Å². The Kier molecular flexibility index (Phi) is 1.60. The molecule has 3 heteroatoms. The van der Waals surface area contributed by atoms with Crippen molar-refractivity contribution in [1.82, 2.24) is 10.9 Å². The van der Waals surface area contributed by atoms with Gasteiger partial charge in [-0.15, -0.1) is 0 Å². The summed E-state index contributed by atoms with van der Waals surface area (Å²) < 4.78 is 0. The van der Waals surface area contributed by atoms with Crippen LogP contribution in [0.2, 0.25) is 0 Å². The minimum Gasteiger partial charge on any atom is -0.297 e. The number of hydrogen-bond acceptors (Lipinski definition) is 3. The Balaban J connectivity index is 2.20. The van der Waals surface area contributed by atoms with Crippen molar-refractivity contribution in [2.75, 3.05) is 0 Å². The normalized spacial score (nSPS) is 35.5. The number of hydrazine groups is 1. The highest BCUT2D eigenvalue weighted by atomic mass is 16.1. The maximum absolute atomic E-state index is 11.1. The number of rotatable bonds is 0. The lowest BCUT2D eigenvalue weighted by Crippen LogP contribution is -2.52. The second kappa shape index (κ2) is 2.60. The zero-order valence-corrected chi connectivity index (χ0v) is 5.87. The van der Waals surface area contributed by atoms with Crippen LogP contribution in [0.1, 0.15) is 0 Å². The number of fused-ring (bicyclic) bond motifs is 1. The van der Waals surface area contributed by atoms with E-state index in [1.54, 1.807) is 0 Å². The van der Waals surface area contributed by atoms with Crippen molar-refractivity contribution in [3.63, 3.8) is 0 Å². The fourth-order valence-electron chi connectivity index (χ4n) is 1.26. The van der Waals surface area contributed by atoms with E-state index in [0.717, 1.165) is 0 Å². The summed E-state index contributed by atoms with van der Waals surface area (Å²) in [5.74, 6) is -0.0596. The summed E-state index contributed by atoms with van der Waals surface area (Å²) >= 11 is 0. The highest BCUT2D eigenvalue weighted by molar-refractivity contribution is 5.91. The lowest BCUT2D eigenvalue weighted by Gasteiger charge is -2.28. The molecule has 1 saturated heterocycles. The Hall–Kier alpha value is -0.930. The summed E-state index contributed by atoms with van der Waals surface area (Å²) in [5.41, 5.74) is 5.53. The molecule has 0 spiro atoms. The Morgan fingerprint density at radius 1 is 1.36 bits per heavy atom. The molecule has 0 bridgehead atoms. The second-order valence-corrected chi connectivity index (χ2v) is 2.58. The Morgan fingerprint density at radius 3 is 3.00 bits per heavy atom. The summed E-state index contributed by atoms with van der Waals surface area (Å²) in [7, 11) is 0. The highest BCUT2D eigenvalue weighted by Gasteiger charge is 2.29. The third-order valence-corrected chi connectivity index (χ3v) is 1.86. The van der Waals surface area contributed by atoms with Crippen LogP contribution in [-0.4, -0.2) is 11.8 Å². The van der Waals surface area contributed by atoms with Crippen molar-refractivity contribution in [2.24, 2.45) is 5.92 Å². The molecule has 1 heterocycles. The standard InChI is InChI=1S/C8H8N2O/c11-8-5-9-10-7-4-2-1-3-6(7)8/h1-4,6-7,9-10H. The molecule has 0 aromatic rings. The van der Waals surface area contributed by atoms with Gasteiger partial charge in [-0.25, -0.2) is 10.9 Å². The molecule has 3 nitrogen and oxygen atoms in total. The smallest absolute Gasteiger partial charge is 0.167 e. The van der Waals surface area contributed by atoms with E-state index >= 15 is 0 Å². The number of Topliss-reactive ketones (excluding diaryl/α,β-unsaturated/α-hetero) is 1. The van der Waals surface area contributed by atoms with E-state index < -0.39 is 0 Å². The number of ketones is 1. The molecule has 1 aliphatic carbocycles. The van der Waals surface area contributed by atoms with E-state index in [9.17, 15) is 4.79 Å². The van der Waals surface area contributed by atoms with Crippen LogP contribution in [0, 0.1) is 12.5 Å². The van der Waals surface area contributed by atoms with E-state index in [4.69, 9.17) is 0 Å².